The summed E-state index contributed by atoms with van der Waals surface area (Å²) in [6.45, 7) is 3.85. The smallest absolute Gasteiger partial charge is 0.270 e. The Morgan fingerprint density at radius 1 is 1.18 bits per heavy atom. The first-order valence-electron chi connectivity index (χ1n) is 11.4. The van der Waals surface area contributed by atoms with E-state index in [1.54, 1.807) is 29.6 Å². The molecule has 0 saturated carbocycles. The van der Waals surface area contributed by atoms with Gasteiger partial charge in [-0.2, -0.15) is 0 Å². The number of nitro groups is 1. The van der Waals surface area contributed by atoms with Crippen LogP contribution in [0.1, 0.15) is 36.1 Å². The van der Waals surface area contributed by atoms with Crippen molar-refractivity contribution in [2.24, 2.45) is 5.92 Å². The maximum atomic E-state index is 12.8. The zero-order valence-corrected chi connectivity index (χ0v) is 23.6. The molecule has 2 aromatic carbocycles. The number of carbonyl (C=O) groups is 2. The van der Waals surface area contributed by atoms with Crippen LogP contribution in [0.4, 0.5) is 10.8 Å². The van der Waals surface area contributed by atoms with Crippen molar-refractivity contribution in [1.29, 1.82) is 0 Å². The number of nitrogens with zero attached hydrogens (tertiary/aromatic N) is 4. The SMILES string of the molecule is CC(C)[C@H](NC(=O)c1ccc(Cl)cc1Cl)c1nc(SCC(=O)Nc2nc(-c3cccc([N+](=O)[O-])c3)cs2)n[nH]1. The Morgan fingerprint density at radius 2 is 1.97 bits per heavy atom. The van der Waals surface area contributed by atoms with E-state index in [4.69, 9.17) is 23.2 Å². The number of hydrogen-bond donors (Lipinski definition) is 3. The van der Waals surface area contributed by atoms with Crippen LogP contribution in [0.2, 0.25) is 10.0 Å². The predicted molar refractivity (Wildman–Crippen MR) is 151 cm³/mol. The summed E-state index contributed by atoms with van der Waals surface area (Å²) in [6, 6.07) is 10.3. The van der Waals surface area contributed by atoms with Crippen LogP contribution in [0.15, 0.2) is 53.0 Å². The van der Waals surface area contributed by atoms with Gasteiger partial charge in [-0.3, -0.25) is 24.8 Å². The fourth-order valence-electron chi connectivity index (χ4n) is 3.43. The average Bonchev–Trinajstić information content (AvgIpc) is 3.55. The lowest BCUT2D eigenvalue weighted by Crippen LogP contribution is -2.32. The molecule has 2 heterocycles. The third kappa shape index (κ3) is 7.32. The first-order chi connectivity index (χ1) is 18.6. The van der Waals surface area contributed by atoms with Gasteiger partial charge >= 0.3 is 0 Å². The summed E-state index contributed by atoms with van der Waals surface area (Å²) in [6.07, 6.45) is 0. The molecular weight excluding hydrogens is 585 g/mol. The maximum absolute atomic E-state index is 12.8. The van der Waals surface area contributed by atoms with Crippen LogP contribution in [0, 0.1) is 16.0 Å². The van der Waals surface area contributed by atoms with E-state index in [2.05, 4.69) is 30.8 Å². The molecule has 2 aromatic heterocycles. The molecule has 0 aliphatic carbocycles. The van der Waals surface area contributed by atoms with Crippen molar-refractivity contribution in [3.8, 4) is 11.3 Å². The average molecular weight is 607 g/mol. The molecule has 0 aliphatic rings. The van der Waals surface area contributed by atoms with Crippen LogP contribution in [0.3, 0.4) is 0 Å². The number of amides is 2. The largest absolute Gasteiger partial charge is 0.342 e. The topological polar surface area (TPSA) is 156 Å². The highest BCUT2D eigenvalue weighted by Gasteiger charge is 2.24. The molecule has 0 aliphatic heterocycles. The number of thioether (sulfide) groups is 1. The Labute approximate surface area is 240 Å². The molecule has 0 fully saturated rings. The third-order valence-corrected chi connectivity index (χ3v) is 7.49. The molecule has 39 heavy (non-hydrogen) atoms. The van der Waals surface area contributed by atoms with Crippen molar-refractivity contribution in [3.05, 3.63) is 79.4 Å². The van der Waals surface area contributed by atoms with Gasteiger partial charge in [-0.05, 0) is 24.1 Å². The second-order valence-electron chi connectivity index (χ2n) is 8.50. The molecule has 4 rings (SSSR count). The number of halogens is 2. The molecule has 0 bridgehead atoms. The maximum Gasteiger partial charge on any atom is 0.270 e. The Kier molecular flexibility index (Phi) is 9.17. The van der Waals surface area contributed by atoms with Crippen LogP contribution in [-0.4, -0.2) is 42.7 Å². The number of benzene rings is 2. The summed E-state index contributed by atoms with van der Waals surface area (Å²) >= 11 is 14.4. The highest BCUT2D eigenvalue weighted by Crippen LogP contribution is 2.28. The second kappa shape index (κ2) is 12.6. The lowest BCUT2D eigenvalue weighted by Gasteiger charge is -2.20. The summed E-state index contributed by atoms with van der Waals surface area (Å²) in [5, 5.41) is 26.7. The molecule has 0 radical (unpaired) electrons. The zero-order valence-electron chi connectivity index (χ0n) is 20.5. The van der Waals surface area contributed by atoms with Gasteiger partial charge in [0.2, 0.25) is 11.1 Å². The van der Waals surface area contributed by atoms with Gasteiger partial charge in [0.05, 0.1) is 33.0 Å². The fraction of sp³-hybridized carbons (Fsp3) is 0.208. The summed E-state index contributed by atoms with van der Waals surface area (Å²) in [4.78, 5) is 44.6. The van der Waals surface area contributed by atoms with Gasteiger partial charge < -0.3 is 10.6 Å². The monoisotopic (exact) mass is 605 g/mol. The Hall–Kier alpha value is -3.52. The van der Waals surface area contributed by atoms with E-state index in [9.17, 15) is 19.7 Å². The summed E-state index contributed by atoms with van der Waals surface area (Å²) in [5.41, 5.74) is 1.34. The quantitative estimate of drug-likeness (QED) is 0.113. The van der Waals surface area contributed by atoms with E-state index >= 15 is 0 Å². The molecule has 202 valence electrons. The minimum absolute atomic E-state index is 0.0160. The molecule has 1 atom stereocenters. The second-order valence-corrected chi connectivity index (χ2v) is 11.1. The number of anilines is 1. The Morgan fingerprint density at radius 3 is 2.69 bits per heavy atom. The van der Waals surface area contributed by atoms with Crippen LogP contribution < -0.4 is 10.6 Å². The van der Waals surface area contributed by atoms with E-state index in [1.807, 2.05) is 13.8 Å². The number of nitro benzene ring substituents is 1. The van der Waals surface area contributed by atoms with Crippen molar-refractivity contribution < 1.29 is 14.5 Å². The molecule has 3 N–H and O–H groups in total. The predicted octanol–water partition coefficient (Wildman–Crippen LogP) is 6.00. The highest BCUT2D eigenvalue weighted by atomic mass is 35.5. The van der Waals surface area contributed by atoms with Gasteiger partial charge in [0.1, 0.15) is 5.82 Å². The Bertz CT molecular complexity index is 1530. The number of non-ortho nitro benzene ring substituents is 1. The van der Waals surface area contributed by atoms with Gasteiger partial charge in [-0.15, -0.1) is 16.4 Å². The van der Waals surface area contributed by atoms with Crippen LogP contribution in [0.5, 0.6) is 0 Å². The van der Waals surface area contributed by atoms with E-state index < -0.39 is 11.0 Å². The number of hydrogen-bond acceptors (Lipinski definition) is 9. The van der Waals surface area contributed by atoms with Gasteiger partial charge in [-0.1, -0.05) is 60.9 Å². The number of nitrogens with one attached hydrogen (secondary N) is 3. The van der Waals surface area contributed by atoms with Crippen LogP contribution in [-0.2, 0) is 4.79 Å². The molecule has 2 amide bonds. The van der Waals surface area contributed by atoms with E-state index in [-0.39, 0.29) is 39.8 Å². The van der Waals surface area contributed by atoms with Crippen LogP contribution >= 0.6 is 46.3 Å². The molecular formula is C24H21Cl2N7O4S2. The van der Waals surface area contributed by atoms with Gasteiger partial charge in [0.25, 0.3) is 11.6 Å². The van der Waals surface area contributed by atoms with E-state index in [1.165, 1.54) is 29.5 Å². The molecule has 15 heteroatoms. The lowest BCUT2D eigenvalue weighted by molar-refractivity contribution is -0.384. The summed E-state index contributed by atoms with van der Waals surface area (Å²) in [7, 11) is 0. The minimum atomic E-state index is -0.484. The van der Waals surface area contributed by atoms with Crippen LogP contribution in [0.25, 0.3) is 11.3 Å². The minimum Gasteiger partial charge on any atom is -0.342 e. The Balaban J connectivity index is 1.34. The molecule has 4 aromatic rings. The zero-order chi connectivity index (χ0) is 28.1. The number of aromatic amines is 1. The number of carbonyl (C=O) groups excluding carboxylic acids is 2. The molecule has 0 saturated heterocycles. The van der Waals surface area contributed by atoms with Gasteiger partial charge in [0, 0.05) is 28.1 Å². The van der Waals surface area contributed by atoms with Crippen molar-refractivity contribution in [2.45, 2.75) is 25.0 Å². The normalized spacial score (nSPS) is 11.8. The van der Waals surface area contributed by atoms with Crippen molar-refractivity contribution in [3.63, 3.8) is 0 Å². The van der Waals surface area contributed by atoms with Crippen molar-refractivity contribution in [2.75, 3.05) is 11.1 Å². The number of rotatable bonds is 10. The fourth-order valence-corrected chi connectivity index (χ4v) is 5.27. The standard InChI is InChI=1S/C24H21Cl2N7O4S2/c1-12(2)20(29-22(35)16-7-6-14(25)9-17(16)26)21-30-24(32-31-21)39-11-19(34)28-23-27-18(10-38-23)13-4-3-5-15(8-13)33(36)37/h3-10,12,20H,11H2,1-2H3,(H,29,35)(H,27,28,34)(H,30,31,32)/t20-/m0/s1. The molecule has 11 nitrogen and oxygen atoms in total. The highest BCUT2D eigenvalue weighted by molar-refractivity contribution is 7.99. The van der Waals surface area contributed by atoms with Gasteiger partial charge in [0.15, 0.2) is 5.13 Å². The number of aromatic nitrogens is 4. The van der Waals surface area contributed by atoms with Gasteiger partial charge in [-0.25, -0.2) is 9.97 Å². The first-order valence-corrected chi connectivity index (χ1v) is 14.0. The number of H-pyrrole nitrogens is 1. The molecule has 0 spiro atoms. The third-order valence-electron chi connectivity index (χ3n) is 5.34. The lowest BCUT2D eigenvalue weighted by atomic mass is 10.0. The summed E-state index contributed by atoms with van der Waals surface area (Å²) < 4.78 is 0. The van der Waals surface area contributed by atoms with E-state index in [0.29, 0.717) is 32.4 Å². The molecule has 0 unspecified atom stereocenters. The first kappa shape index (κ1) is 28.5. The van der Waals surface area contributed by atoms with E-state index in [0.717, 1.165) is 11.8 Å². The summed E-state index contributed by atoms with van der Waals surface area (Å²) in [5.74, 6) is -0.278. The van der Waals surface area contributed by atoms with Crippen molar-refractivity contribution in [1.82, 2.24) is 25.5 Å². The van der Waals surface area contributed by atoms with Crippen molar-refractivity contribution >= 4 is 68.9 Å². The number of thiazole rings is 1.